The van der Waals surface area contributed by atoms with Crippen molar-refractivity contribution in [3.8, 4) is 5.75 Å². The third-order valence-electron chi connectivity index (χ3n) is 6.32. The van der Waals surface area contributed by atoms with Gasteiger partial charge in [-0.2, -0.15) is 0 Å². The number of benzene rings is 2. The number of rotatable bonds is 1. The summed E-state index contributed by atoms with van der Waals surface area (Å²) >= 11 is 0. The minimum atomic E-state index is -0.595. The molecule has 1 fully saturated rings. The zero-order chi connectivity index (χ0) is 19.7. The molecule has 3 aromatic rings. The zero-order valence-corrected chi connectivity index (χ0v) is 15.7. The van der Waals surface area contributed by atoms with Gasteiger partial charge in [-0.1, -0.05) is 24.3 Å². The number of hydrogen-bond acceptors (Lipinski definition) is 4. The van der Waals surface area contributed by atoms with Crippen LogP contribution in [0.2, 0.25) is 0 Å². The average Bonchev–Trinajstić information content (AvgIpc) is 3.34. The molecule has 146 valence electrons. The Labute approximate surface area is 167 Å². The first-order valence-corrected chi connectivity index (χ1v) is 9.84. The molecule has 4 heterocycles. The maximum atomic E-state index is 13.0. The molecule has 0 bridgehead atoms. The van der Waals surface area contributed by atoms with Gasteiger partial charge in [0.25, 0.3) is 5.91 Å². The fourth-order valence-electron chi connectivity index (χ4n) is 5.01. The van der Waals surface area contributed by atoms with Crippen LogP contribution in [0.5, 0.6) is 5.75 Å². The number of fused-ring (bicyclic) bond motifs is 5. The van der Waals surface area contributed by atoms with E-state index in [4.69, 9.17) is 10.6 Å². The first-order chi connectivity index (χ1) is 14.1. The molecule has 3 aliphatic heterocycles. The molecule has 1 saturated heterocycles. The molecule has 0 aliphatic carbocycles. The summed E-state index contributed by atoms with van der Waals surface area (Å²) in [6, 6.07) is 13.2. The highest BCUT2D eigenvalue weighted by molar-refractivity contribution is 5.97. The topological polar surface area (TPSA) is 91.7 Å². The maximum absolute atomic E-state index is 13.0. The maximum Gasteiger partial charge on any atom is 0.260 e. The Morgan fingerprint density at radius 3 is 2.90 bits per heavy atom. The zero-order valence-electron chi connectivity index (χ0n) is 15.7. The van der Waals surface area contributed by atoms with Crippen LogP contribution in [0.4, 0.5) is 0 Å². The van der Waals surface area contributed by atoms with Crippen molar-refractivity contribution in [3.05, 3.63) is 64.8 Å². The summed E-state index contributed by atoms with van der Waals surface area (Å²) in [6.07, 6.45) is 1.31. The molecule has 1 unspecified atom stereocenters. The number of amides is 2. The Kier molecular flexibility index (Phi) is 3.35. The number of hydrazine groups is 1. The molecule has 7 nitrogen and oxygen atoms in total. The lowest BCUT2D eigenvalue weighted by atomic mass is 9.86. The molecule has 2 amide bonds. The predicted octanol–water partition coefficient (Wildman–Crippen LogP) is 1.66. The number of piperazine rings is 1. The number of para-hydroxylation sites is 1. The highest BCUT2D eigenvalue weighted by atomic mass is 16.5. The lowest BCUT2D eigenvalue weighted by Crippen LogP contribution is -2.64. The Bertz CT molecular complexity index is 1180. The Morgan fingerprint density at radius 1 is 1.14 bits per heavy atom. The van der Waals surface area contributed by atoms with Gasteiger partial charge in [0.05, 0.1) is 12.6 Å². The summed E-state index contributed by atoms with van der Waals surface area (Å²) in [5, 5.41) is 2.14. The molecule has 1 aromatic heterocycles. The molecular weight excluding hydrogens is 368 g/mol. The van der Waals surface area contributed by atoms with Gasteiger partial charge in [-0.15, -0.1) is 0 Å². The summed E-state index contributed by atoms with van der Waals surface area (Å²) in [4.78, 5) is 31.2. The van der Waals surface area contributed by atoms with Crippen LogP contribution in [0, 0.1) is 0 Å². The molecule has 3 N–H and O–H groups in total. The summed E-state index contributed by atoms with van der Waals surface area (Å²) < 4.78 is 5.65. The number of nitrogens with two attached hydrogens (primary N) is 1. The molecule has 2 atom stereocenters. The molecule has 0 spiro atoms. The van der Waals surface area contributed by atoms with E-state index in [2.05, 4.69) is 17.1 Å². The molecule has 0 saturated carbocycles. The second-order valence-electron chi connectivity index (χ2n) is 7.92. The molecule has 2 aromatic carbocycles. The summed E-state index contributed by atoms with van der Waals surface area (Å²) in [5.41, 5.74) is 5.20. The van der Waals surface area contributed by atoms with Crippen molar-refractivity contribution < 1.29 is 14.3 Å². The van der Waals surface area contributed by atoms with Gasteiger partial charge in [0.15, 0.2) is 0 Å². The minimum Gasteiger partial charge on any atom is -0.493 e. The molecule has 29 heavy (non-hydrogen) atoms. The van der Waals surface area contributed by atoms with Gasteiger partial charge in [-0.3, -0.25) is 14.6 Å². The van der Waals surface area contributed by atoms with E-state index < -0.39 is 6.04 Å². The van der Waals surface area contributed by atoms with Crippen LogP contribution in [0.25, 0.3) is 10.9 Å². The predicted molar refractivity (Wildman–Crippen MR) is 106 cm³/mol. The molecule has 6 rings (SSSR count). The number of aromatic nitrogens is 1. The van der Waals surface area contributed by atoms with Gasteiger partial charge in [0.1, 0.15) is 18.3 Å². The van der Waals surface area contributed by atoms with Gasteiger partial charge in [-0.05, 0) is 34.9 Å². The van der Waals surface area contributed by atoms with Crippen molar-refractivity contribution in [3.63, 3.8) is 0 Å². The Balaban J connectivity index is 1.59. The molecule has 3 aliphatic rings. The van der Waals surface area contributed by atoms with Gasteiger partial charge in [0.2, 0.25) is 5.91 Å². The highest BCUT2D eigenvalue weighted by Gasteiger charge is 2.47. The van der Waals surface area contributed by atoms with Crippen molar-refractivity contribution in [2.75, 3.05) is 13.2 Å². The molecular formula is C22H20N4O3. The second kappa shape index (κ2) is 5.84. The van der Waals surface area contributed by atoms with Crippen molar-refractivity contribution in [2.45, 2.75) is 24.9 Å². The third kappa shape index (κ3) is 2.28. The van der Waals surface area contributed by atoms with Crippen LogP contribution < -0.4 is 10.6 Å². The fraction of sp³-hybridized carbons (Fsp3) is 0.273. The van der Waals surface area contributed by atoms with Crippen LogP contribution >= 0.6 is 0 Å². The number of ether oxygens (including phenoxy) is 1. The largest absolute Gasteiger partial charge is 0.493 e. The van der Waals surface area contributed by atoms with Gasteiger partial charge in [0, 0.05) is 29.4 Å². The van der Waals surface area contributed by atoms with E-state index in [0.29, 0.717) is 13.0 Å². The number of carbonyl (C=O) groups is 2. The van der Waals surface area contributed by atoms with E-state index in [0.717, 1.165) is 50.5 Å². The molecule has 0 radical (unpaired) electrons. The number of carbonyl (C=O) groups excluding carboxylic acids is 2. The van der Waals surface area contributed by atoms with Crippen molar-refractivity contribution in [1.82, 2.24) is 14.9 Å². The summed E-state index contributed by atoms with van der Waals surface area (Å²) in [5.74, 6) is 6.40. The lowest BCUT2D eigenvalue weighted by Gasteiger charge is -2.46. The fourth-order valence-corrected chi connectivity index (χ4v) is 5.01. The van der Waals surface area contributed by atoms with Crippen LogP contribution in [-0.2, 0) is 22.4 Å². The first-order valence-electron chi connectivity index (χ1n) is 9.84. The van der Waals surface area contributed by atoms with Crippen LogP contribution in [0.15, 0.2) is 42.5 Å². The Morgan fingerprint density at radius 2 is 2.00 bits per heavy atom. The van der Waals surface area contributed by atoms with E-state index in [1.165, 1.54) is 0 Å². The van der Waals surface area contributed by atoms with E-state index in [9.17, 15) is 9.59 Å². The molecule has 7 heteroatoms. The van der Waals surface area contributed by atoms with Crippen LogP contribution in [0.1, 0.15) is 28.4 Å². The first kappa shape index (κ1) is 16.6. The van der Waals surface area contributed by atoms with E-state index in [1.807, 2.05) is 30.3 Å². The van der Waals surface area contributed by atoms with Crippen molar-refractivity contribution in [1.29, 1.82) is 0 Å². The number of hydrogen-bond donors (Lipinski definition) is 2. The standard InChI is InChI=1S/C22H20N4O3/c23-25-11-19(27)26-17(22(25)28)10-15-14-3-1-2-4-16(14)24-20(15)21(26)13-5-6-18-12(9-13)7-8-29-18/h1-6,9,17,21,24H,7-8,10-11,23H2/t17?,21-/m1/s1. The monoisotopic (exact) mass is 388 g/mol. The van der Waals surface area contributed by atoms with Crippen molar-refractivity contribution >= 4 is 22.7 Å². The van der Waals surface area contributed by atoms with Gasteiger partial charge in [-0.25, -0.2) is 5.84 Å². The Hall–Kier alpha value is -3.32. The van der Waals surface area contributed by atoms with Crippen LogP contribution in [-0.4, -0.2) is 45.9 Å². The smallest absolute Gasteiger partial charge is 0.260 e. The number of H-pyrrole nitrogens is 1. The summed E-state index contributed by atoms with van der Waals surface area (Å²) in [6.45, 7) is 0.572. The highest BCUT2D eigenvalue weighted by Crippen LogP contribution is 2.43. The second-order valence-corrected chi connectivity index (χ2v) is 7.92. The van der Waals surface area contributed by atoms with E-state index in [1.54, 1.807) is 4.90 Å². The van der Waals surface area contributed by atoms with E-state index >= 15 is 0 Å². The van der Waals surface area contributed by atoms with Crippen LogP contribution in [0.3, 0.4) is 0 Å². The normalized spacial score (nSPS) is 23.1. The average molecular weight is 388 g/mol. The SMILES string of the molecule is NN1CC(=O)N2C(Cc3c([nH]c4ccccc34)[C@H]2c2ccc3c(c2)CCO3)C1=O. The number of nitrogens with one attached hydrogen (secondary N) is 1. The van der Waals surface area contributed by atoms with Gasteiger partial charge >= 0.3 is 0 Å². The summed E-state index contributed by atoms with van der Waals surface area (Å²) in [7, 11) is 0. The number of nitrogens with zero attached hydrogens (tertiary/aromatic N) is 2. The van der Waals surface area contributed by atoms with Crippen molar-refractivity contribution in [2.24, 2.45) is 5.84 Å². The minimum absolute atomic E-state index is 0.102. The number of aromatic amines is 1. The lowest BCUT2D eigenvalue weighted by molar-refractivity contribution is -0.158. The quantitative estimate of drug-likeness (QED) is 0.490. The third-order valence-corrected chi connectivity index (χ3v) is 6.32. The van der Waals surface area contributed by atoms with E-state index in [-0.39, 0.29) is 24.4 Å². The van der Waals surface area contributed by atoms with Gasteiger partial charge < -0.3 is 14.6 Å².